The third-order valence-electron chi connectivity index (χ3n) is 0. The first-order valence-corrected chi connectivity index (χ1v) is 2.10. The first-order valence-electron chi connectivity index (χ1n) is 0.698. The Morgan fingerprint density at radius 2 is 1.00 bits per heavy atom. The van der Waals surface area contributed by atoms with Crippen LogP contribution in [0.25, 0.3) is 0 Å². The average Bonchev–Trinajstić information content (AvgIpc) is 0.722. The molecule has 8 heavy (non-hydrogen) atoms. The van der Waals surface area contributed by atoms with Gasteiger partial charge < -0.3 is 5.48 Å². The molecule has 0 radical (unpaired) electrons. The maximum absolute atomic E-state index is 8.74. The molecule has 0 heterocycles. The zero-order valence-electron chi connectivity index (χ0n) is 2.62. The summed E-state index contributed by atoms with van der Waals surface area (Å²) < 4.78 is 31.6. The first kappa shape index (κ1) is 22.5. The van der Waals surface area contributed by atoms with E-state index >= 15 is 0 Å². The van der Waals surface area contributed by atoms with Gasteiger partial charge in [0, 0.05) is 0 Å². The second kappa shape index (κ2) is 8.83. The molecule has 0 aromatic carbocycles. The first-order chi connectivity index (χ1) is 2.00. The predicted octanol–water partition coefficient (Wildman–Crippen LogP) is -2.77. The maximum atomic E-state index is 8.74. The molecule has 0 saturated carbocycles. The summed E-state index contributed by atoms with van der Waals surface area (Å²) in [4.78, 5) is 0. The molecule has 0 fully saturated rings. The molecule has 0 atom stereocenters. The van der Waals surface area contributed by atoms with Crippen molar-refractivity contribution in [2.24, 2.45) is 0 Å². The van der Waals surface area contributed by atoms with Gasteiger partial charge in [0.2, 0.25) is 0 Å². The Hall–Kier alpha value is 1.83. The Labute approximate surface area is 91.3 Å². The van der Waals surface area contributed by atoms with Gasteiger partial charge in [-0.3, -0.25) is 9.11 Å². The summed E-state index contributed by atoms with van der Waals surface area (Å²) >= 11 is 0. The van der Waals surface area contributed by atoms with E-state index in [4.69, 9.17) is 17.5 Å². The van der Waals surface area contributed by atoms with Crippen LogP contribution in [0.1, 0.15) is 0 Å². The van der Waals surface area contributed by atoms with Crippen LogP contribution in [0.15, 0.2) is 0 Å². The molecule has 0 bridgehead atoms. The zero-order chi connectivity index (χ0) is 4.50. The van der Waals surface area contributed by atoms with Gasteiger partial charge in [0.25, 0.3) is 0 Å². The zero-order valence-corrected chi connectivity index (χ0v) is 3.44. The fourth-order valence-corrected chi connectivity index (χ4v) is 0. The third kappa shape index (κ3) is 109. The van der Waals surface area contributed by atoms with Crippen LogP contribution in [-0.4, -0.2) is 82.1 Å². The van der Waals surface area contributed by atoms with Crippen molar-refractivity contribution in [3.05, 3.63) is 0 Å². The van der Waals surface area contributed by atoms with Gasteiger partial charge in [0.1, 0.15) is 0 Å². The summed E-state index contributed by atoms with van der Waals surface area (Å²) in [5.41, 5.74) is 0. The Morgan fingerprint density at radius 3 is 1.00 bits per heavy atom. The Morgan fingerprint density at radius 1 is 1.00 bits per heavy atom. The third-order valence-corrected chi connectivity index (χ3v) is 0. The van der Waals surface area contributed by atoms with Crippen molar-refractivity contribution in [1.82, 2.24) is 0 Å². The van der Waals surface area contributed by atoms with E-state index in [1.54, 1.807) is 0 Å². The molecule has 0 aliphatic heterocycles. The summed E-state index contributed by atoms with van der Waals surface area (Å²) in [5, 5.41) is 0. The van der Waals surface area contributed by atoms with Gasteiger partial charge in [-0.15, -0.1) is 0 Å². The van der Waals surface area contributed by atoms with E-state index in [1.807, 2.05) is 0 Å². The van der Waals surface area contributed by atoms with E-state index in [0.29, 0.717) is 0 Å². The van der Waals surface area contributed by atoms with Crippen LogP contribution in [0.5, 0.6) is 0 Å². The standard InChI is InChI=1S/2Na.H2O4S.H2O.2H/c;;1-5(2,3)4;;;/h;;(H2,1,2,3,4);1H2;;. The number of hydrogen-bond donors (Lipinski definition) is 2. The Bertz CT molecular complexity index is 93.6. The second-order valence-electron chi connectivity index (χ2n) is 0.448. The Balaban J connectivity index is -0.0000000267. The van der Waals surface area contributed by atoms with E-state index in [1.165, 1.54) is 0 Å². The minimum atomic E-state index is -4.67. The molecule has 0 spiro atoms. The van der Waals surface area contributed by atoms with Crippen LogP contribution in [0.2, 0.25) is 0 Å². The van der Waals surface area contributed by atoms with Crippen LogP contribution in [0.4, 0.5) is 0 Å². The molecule has 0 aromatic rings. The van der Waals surface area contributed by atoms with Crippen molar-refractivity contribution in [3.63, 3.8) is 0 Å². The summed E-state index contributed by atoms with van der Waals surface area (Å²) in [6.45, 7) is 0. The van der Waals surface area contributed by atoms with Gasteiger partial charge in [-0.1, -0.05) is 0 Å². The predicted molar refractivity (Wildman–Crippen MR) is 32.1 cm³/mol. The topological polar surface area (TPSA) is 106 Å². The van der Waals surface area contributed by atoms with Crippen molar-refractivity contribution in [3.8, 4) is 0 Å². The molecule has 0 rings (SSSR count). The van der Waals surface area contributed by atoms with Gasteiger partial charge in [0.15, 0.2) is 0 Å². The van der Waals surface area contributed by atoms with Crippen LogP contribution in [-0.2, 0) is 10.4 Å². The molecule has 0 aromatic heterocycles. The molecule has 0 aliphatic rings. The molecule has 44 valence electrons. The Kier molecular flexibility index (Phi) is 24.9. The molecular formula is H6Na2O5S. The van der Waals surface area contributed by atoms with E-state index in [2.05, 4.69) is 0 Å². The van der Waals surface area contributed by atoms with Crippen molar-refractivity contribution >= 4 is 69.5 Å². The molecule has 4 N–H and O–H groups in total. The van der Waals surface area contributed by atoms with E-state index in [9.17, 15) is 0 Å². The quantitative estimate of drug-likeness (QED) is 0.298. The number of rotatable bonds is 0. The van der Waals surface area contributed by atoms with Gasteiger partial charge >= 0.3 is 69.5 Å². The molecule has 0 unspecified atom stereocenters. The molecule has 0 aliphatic carbocycles. The minimum absolute atomic E-state index is 0. The summed E-state index contributed by atoms with van der Waals surface area (Å²) in [7, 11) is -4.67. The van der Waals surface area contributed by atoms with Crippen molar-refractivity contribution in [2.75, 3.05) is 0 Å². The fraction of sp³-hybridized carbons (Fsp3) is 0. The SMILES string of the molecule is O.O=S(=O)(O)O.[NaH].[NaH]. The molecule has 0 saturated heterocycles. The normalized spacial score (nSPS) is 7.25. The van der Waals surface area contributed by atoms with Gasteiger partial charge in [-0.25, -0.2) is 0 Å². The van der Waals surface area contributed by atoms with E-state index < -0.39 is 10.4 Å². The monoisotopic (exact) mass is 164 g/mol. The summed E-state index contributed by atoms with van der Waals surface area (Å²) in [5.74, 6) is 0. The van der Waals surface area contributed by atoms with Gasteiger partial charge in [-0.05, 0) is 0 Å². The van der Waals surface area contributed by atoms with E-state index in [-0.39, 0.29) is 64.6 Å². The van der Waals surface area contributed by atoms with Gasteiger partial charge in [0.05, 0.1) is 0 Å². The van der Waals surface area contributed by atoms with Crippen LogP contribution >= 0.6 is 0 Å². The van der Waals surface area contributed by atoms with Crippen molar-refractivity contribution in [1.29, 1.82) is 0 Å². The van der Waals surface area contributed by atoms with Gasteiger partial charge in [-0.2, -0.15) is 8.42 Å². The average molecular weight is 164 g/mol. The fourth-order valence-electron chi connectivity index (χ4n) is 0. The molecule has 5 nitrogen and oxygen atoms in total. The van der Waals surface area contributed by atoms with Crippen LogP contribution < -0.4 is 0 Å². The van der Waals surface area contributed by atoms with Crippen molar-refractivity contribution in [2.45, 2.75) is 0 Å². The van der Waals surface area contributed by atoms with E-state index in [0.717, 1.165) is 0 Å². The van der Waals surface area contributed by atoms with Crippen molar-refractivity contribution < 1.29 is 23.0 Å². The van der Waals surface area contributed by atoms with Crippen LogP contribution in [0, 0.1) is 0 Å². The summed E-state index contributed by atoms with van der Waals surface area (Å²) in [6, 6.07) is 0. The summed E-state index contributed by atoms with van der Waals surface area (Å²) in [6.07, 6.45) is 0. The second-order valence-corrected chi connectivity index (χ2v) is 1.34. The molecule has 0 amide bonds. The number of hydrogen-bond acceptors (Lipinski definition) is 2. The molecular weight excluding hydrogens is 158 g/mol. The van der Waals surface area contributed by atoms with Crippen LogP contribution in [0.3, 0.4) is 0 Å². The molecule has 8 heteroatoms.